The molecule has 0 saturated carbocycles. The first kappa shape index (κ1) is 51.0. The van der Waals surface area contributed by atoms with Crippen LogP contribution in [0.4, 0.5) is 16.3 Å². The van der Waals surface area contributed by atoms with E-state index in [2.05, 4.69) is 97.7 Å². The Morgan fingerprint density at radius 3 is 1.92 bits per heavy atom. The highest BCUT2D eigenvalue weighted by molar-refractivity contribution is 9.10. The summed E-state index contributed by atoms with van der Waals surface area (Å²) in [4.78, 5) is 44.7. The number of Topliss-reactive ketones (excluding diaryl/α,β-unsaturated/α-hetero) is 1. The number of hydrogen-bond acceptors (Lipinski definition) is 15. The van der Waals surface area contributed by atoms with Crippen molar-refractivity contribution >= 4 is 61.3 Å². The van der Waals surface area contributed by atoms with Crippen molar-refractivity contribution in [2.24, 2.45) is 0 Å². The summed E-state index contributed by atoms with van der Waals surface area (Å²) in [6.07, 6.45) is 7.06. The van der Waals surface area contributed by atoms with E-state index in [1.807, 2.05) is 80.1 Å². The van der Waals surface area contributed by atoms with Crippen LogP contribution in [0.25, 0.3) is 22.1 Å². The smallest absolute Gasteiger partial charge is 0.324 e. The average Bonchev–Trinajstić information content (AvgIpc) is 4.22. The lowest BCUT2D eigenvalue weighted by atomic mass is 9.92. The molecule has 21 heteroatoms. The summed E-state index contributed by atoms with van der Waals surface area (Å²) in [7, 11) is 0. The largest absolute Gasteiger partial charge is 0.438 e. The Bertz CT molecular complexity index is 3330. The van der Waals surface area contributed by atoms with Crippen LogP contribution < -0.4 is 20.1 Å². The molecule has 0 radical (unpaired) electrons. The number of aromatic amines is 1. The summed E-state index contributed by atoms with van der Waals surface area (Å²) in [5, 5.41) is 27.1. The average molecular weight is 1070 g/mol. The molecule has 0 aliphatic carbocycles. The van der Waals surface area contributed by atoms with E-state index in [1.165, 1.54) is 12.7 Å². The van der Waals surface area contributed by atoms with Gasteiger partial charge in [0.15, 0.2) is 17.1 Å². The van der Waals surface area contributed by atoms with Gasteiger partial charge in [0, 0.05) is 65.2 Å². The number of rotatable bonds is 15. The summed E-state index contributed by atoms with van der Waals surface area (Å²) in [6.45, 7) is 17.9. The zero-order valence-electron chi connectivity index (χ0n) is 42.0. The zero-order valence-corrected chi connectivity index (χ0v) is 43.6. The minimum atomic E-state index is -0.432. The van der Waals surface area contributed by atoms with Crippen LogP contribution in [0.1, 0.15) is 69.8 Å². The van der Waals surface area contributed by atoms with Gasteiger partial charge in [-0.25, -0.2) is 34.1 Å². The van der Waals surface area contributed by atoms with Gasteiger partial charge in [-0.3, -0.25) is 20.1 Å². The van der Waals surface area contributed by atoms with Crippen LogP contribution >= 0.6 is 15.9 Å². The molecule has 0 unspecified atom stereocenters. The molecule has 1 fully saturated rings. The number of carbonyl (C=O) groups is 2. The minimum absolute atomic E-state index is 0.0511. The fourth-order valence-corrected chi connectivity index (χ4v) is 8.08. The predicted octanol–water partition coefficient (Wildman–Crippen LogP) is 9.68. The van der Waals surface area contributed by atoms with Crippen molar-refractivity contribution < 1.29 is 28.3 Å². The van der Waals surface area contributed by atoms with Gasteiger partial charge in [-0.15, -0.1) is 0 Å². The van der Waals surface area contributed by atoms with Crippen molar-refractivity contribution in [2.45, 2.75) is 78.3 Å². The Labute approximate surface area is 435 Å². The lowest BCUT2D eigenvalue weighted by Crippen LogP contribution is -2.38. The number of nitrogens with one attached hydrogen (secondary N) is 3. The Kier molecular flexibility index (Phi) is 15.5. The van der Waals surface area contributed by atoms with Crippen LogP contribution in [-0.4, -0.2) is 104 Å². The van der Waals surface area contributed by atoms with Gasteiger partial charge in [0.05, 0.1) is 44.4 Å². The maximum absolute atomic E-state index is 12.6. The van der Waals surface area contributed by atoms with Crippen molar-refractivity contribution in [1.82, 2.24) is 59.8 Å². The molecule has 3 aromatic carbocycles. The van der Waals surface area contributed by atoms with E-state index >= 15 is 0 Å². The van der Waals surface area contributed by atoms with Crippen LogP contribution in [0.5, 0.6) is 23.3 Å². The van der Waals surface area contributed by atoms with Gasteiger partial charge in [0.2, 0.25) is 11.8 Å². The van der Waals surface area contributed by atoms with Crippen molar-refractivity contribution in [2.75, 3.05) is 43.5 Å². The van der Waals surface area contributed by atoms with E-state index in [1.54, 1.807) is 47.4 Å². The van der Waals surface area contributed by atoms with Crippen LogP contribution in [0.3, 0.4) is 0 Å². The summed E-state index contributed by atoms with van der Waals surface area (Å²) in [6, 6.07) is 25.8. The van der Waals surface area contributed by atoms with Crippen LogP contribution in [-0.2, 0) is 46.3 Å². The number of halogens is 1. The number of amides is 2. The number of fused-ring (bicyclic) bond motifs is 2. The molecule has 1 saturated heterocycles. The summed E-state index contributed by atoms with van der Waals surface area (Å²) < 4.78 is 27.5. The third kappa shape index (κ3) is 13.2. The zero-order chi connectivity index (χ0) is 51.8. The molecule has 6 aromatic heterocycles. The summed E-state index contributed by atoms with van der Waals surface area (Å²) in [5.74, 6) is 3.20. The standard InChI is InChI=1S/C27H33N7O3.C26H24BrN7O3/c1-27(2,3)24-16-20(31-32-24)15-21(35)14-19-4-6-22(7-5-19)37-26-23-17-30-34(25(23)28-18-29-26)9-8-33-10-12-36-13-11-33;1-26(2,3)21-12-22(33-37-21)32-25(35)31-18-8-10-19(11-9-18)36-24-20-13-30-34(23(20)28-15-29-24)14-16-4-6-17(27)7-5-16/h4-7,16-18H,8-15H2,1-3H3,(H,31,32);4-13,15H,14H2,1-3H3,(H2,31,32,33,35). The van der Waals surface area contributed by atoms with Gasteiger partial charge >= 0.3 is 6.03 Å². The molecular weight excluding hydrogens is 1010 g/mol. The molecule has 0 atom stereocenters. The molecule has 1 aliphatic rings. The first-order valence-electron chi connectivity index (χ1n) is 24.1. The van der Waals surface area contributed by atoms with E-state index in [4.69, 9.17) is 18.7 Å². The lowest BCUT2D eigenvalue weighted by Gasteiger charge is -2.26. The second kappa shape index (κ2) is 22.5. The normalized spacial score (nSPS) is 13.1. The van der Waals surface area contributed by atoms with E-state index in [-0.39, 0.29) is 16.6 Å². The van der Waals surface area contributed by atoms with Crippen molar-refractivity contribution in [1.29, 1.82) is 0 Å². The van der Waals surface area contributed by atoms with E-state index in [0.717, 1.165) is 77.4 Å². The molecule has 2 amide bonds. The highest BCUT2D eigenvalue weighted by Gasteiger charge is 2.22. The Morgan fingerprint density at radius 2 is 1.31 bits per heavy atom. The van der Waals surface area contributed by atoms with Gasteiger partial charge in [0.25, 0.3) is 0 Å². The first-order chi connectivity index (χ1) is 35.6. The van der Waals surface area contributed by atoms with Gasteiger partial charge in [0.1, 0.15) is 46.5 Å². The number of carbonyl (C=O) groups excluding carboxylic acids is 2. The second-order valence-corrected chi connectivity index (χ2v) is 20.7. The summed E-state index contributed by atoms with van der Waals surface area (Å²) in [5.41, 5.74) is 5.57. The maximum Gasteiger partial charge on any atom is 0.324 e. The number of anilines is 2. The molecule has 0 spiro atoms. The quantitative estimate of drug-likeness (QED) is 0.0867. The number of H-pyrrole nitrogens is 1. The predicted molar refractivity (Wildman–Crippen MR) is 282 cm³/mol. The Morgan fingerprint density at radius 1 is 0.703 bits per heavy atom. The number of ketones is 1. The topological polar surface area (TPSA) is 231 Å². The minimum Gasteiger partial charge on any atom is -0.438 e. The molecule has 382 valence electrons. The van der Waals surface area contributed by atoms with Crippen LogP contribution in [0.15, 0.2) is 119 Å². The van der Waals surface area contributed by atoms with Crippen molar-refractivity contribution in [3.63, 3.8) is 0 Å². The molecule has 20 nitrogen and oxygen atoms in total. The number of aromatic nitrogens is 11. The van der Waals surface area contributed by atoms with E-state index in [9.17, 15) is 9.59 Å². The number of morpholine rings is 1. The number of benzene rings is 3. The van der Waals surface area contributed by atoms with Crippen molar-refractivity contribution in [3.05, 3.63) is 143 Å². The highest BCUT2D eigenvalue weighted by atomic mass is 79.9. The monoisotopic (exact) mass is 1060 g/mol. The molecule has 9 aromatic rings. The Balaban J connectivity index is 0.000000182. The van der Waals surface area contributed by atoms with Gasteiger partial charge in [-0.05, 0) is 65.7 Å². The maximum atomic E-state index is 12.6. The second-order valence-electron chi connectivity index (χ2n) is 19.8. The third-order valence-corrected chi connectivity index (χ3v) is 12.4. The van der Waals surface area contributed by atoms with Crippen LogP contribution in [0.2, 0.25) is 0 Å². The fourth-order valence-electron chi connectivity index (χ4n) is 7.82. The third-order valence-electron chi connectivity index (χ3n) is 11.9. The number of urea groups is 1. The van der Waals surface area contributed by atoms with Gasteiger partial charge < -0.3 is 24.1 Å². The number of hydrogen-bond donors (Lipinski definition) is 3. The van der Waals surface area contributed by atoms with Crippen LogP contribution in [0, 0.1) is 0 Å². The SMILES string of the molecule is CC(C)(C)c1cc(CC(=O)Cc2ccc(Oc3ncnc4c3cnn4CCN3CCOCC3)cc2)[nH]n1.CC(C)(C)c1cc(NC(=O)Nc2ccc(Oc3ncnc4c3cnn4Cc3ccc(Br)cc3)cc2)no1. The number of nitrogens with zero attached hydrogens (tertiary/aromatic N) is 11. The van der Waals surface area contributed by atoms with Crippen molar-refractivity contribution in [3.8, 4) is 23.3 Å². The lowest BCUT2D eigenvalue weighted by molar-refractivity contribution is -0.117. The fraction of sp³-hybridized carbons (Fsp3) is 0.321. The molecular formula is C53H57BrN14O6. The molecule has 0 bridgehead atoms. The Hall–Kier alpha value is -7.88. The molecule has 3 N–H and O–H groups in total. The molecule has 1 aliphatic heterocycles. The molecule has 74 heavy (non-hydrogen) atoms. The molecule has 7 heterocycles. The highest BCUT2D eigenvalue weighted by Crippen LogP contribution is 2.30. The van der Waals surface area contributed by atoms with Gasteiger partial charge in [-0.1, -0.05) is 86.9 Å². The first-order valence-corrected chi connectivity index (χ1v) is 24.9. The van der Waals surface area contributed by atoms with Gasteiger partial charge in [-0.2, -0.15) is 15.3 Å². The molecule has 10 rings (SSSR count). The van der Waals surface area contributed by atoms with E-state index < -0.39 is 6.03 Å². The van der Waals surface area contributed by atoms with E-state index in [0.29, 0.717) is 70.9 Å². The summed E-state index contributed by atoms with van der Waals surface area (Å²) >= 11 is 3.45. The number of ether oxygens (including phenoxy) is 3.